The largest absolute Gasteiger partial charge is 0.342 e. The van der Waals surface area contributed by atoms with Crippen molar-refractivity contribution in [1.29, 1.82) is 0 Å². The van der Waals surface area contributed by atoms with Crippen LogP contribution in [0.5, 0.6) is 0 Å². The quantitative estimate of drug-likeness (QED) is 0.503. The summed E-state index contributed by atoms with van der Waals surface area (Å²) < 4.78 is 0. The van der Waals surface area contributed by atoms with E-state index in [1.165, 1.54) is 0 Å². The Morgan fingerprint density at radius 1 is 1.71 bits per heavy atom. The molecule has 78 valence electrons. The van der Waals surface area contributed by atoms with Crippen molar-refractivity contribution in [1.82, 2.24) is 10.8 Å². The Labute approximate surface area is 81.1 Å². The lowest BCUT2D eigenvalue weighted by atomic mass is 10.1. The maximum absolute atomic E-state index is 11.6. The lowest BCUT2D eigenvalue weighted by Gasteiger charge is -2.14. The molecule has 0 aromatic heterocycles. The predicted molar refractivity (Wildman–Crippen MR) is 46.7 cm³/mol. The Hall–Kier alpha value is -1.14. The molecule has 14 heavy (non-hydrogen) atoms. The topological polar surface area (TPSA) is 93.5 Å². The smallest absolute Gasteiger partial charge is 0.268 e. The molecule has 2 fully saturated rings. The molecule has 0 bridgehead atoms. The molecule has 1 aliphatic carbocycles. The maximum atomic E-state index is 11.6. The molecular weight excluding hydrogens is 186 g/mol. The number of nitrogens with two attached hydrogens (primary N) is 1. The summed E-state index contributed by atoms with van der Waals surface area (Å²) in [6.45, 7) is 0.527. The third kappa shape index (κ3) is 1.46. The second-order valence-corrected chi connectivity index (χ2v) is 3.79. The normalized spacial score (nSPS) is 28.4. The van der Waals surface area contributed by atoms with Gasteiger partial charge in [0.15, 0.2) is 0 Å². The standard InChI is InChI=1S/C8H13N3O3/c9-4-8(1-2-8)7(13)10-5-3-14-11-6(5)12/h5H,1-4,9H2,(H,10,13)(H,11,12)/t5-/m1/s1. The summed E-state index contributed by atoms with van der Waals surface area (Å²) in [4.78, 5) is 27.4. The first-order valence-electron chi connectivity index (χ1n) is 4.61. The van der Waals surface area contributed by atoms with E-state index in [0.29, 0.717) is 6.54 Å². The van der Waals surface area contributed by atoms with Crippen LogP contribution in [-0.4, -0.2) is 31.0 Å². The molecule has 6 heteroatoms. The van der Waals surface area contributed by atoms with E-state index in [0.717, 1.165) is 12.8 Å². The number of hydrogen-bond donors (Lipinski definition) is 3. The van der Waals surface area contributed by atoms with Crippen molar-refractivity contribution < 1.29 is 14.4 Å². The van der Waals surface area contributed by atoms with Crippen LogP contribution in [0.1, 0.15) is 12.8 Å². The number of carbonyl (C=O) groups excluding carboxylic acids is 2. The minimum atomic E-state index is -0.563. The van der Waals surface area contributed by atoms with Crippen LogP contribution in [0.4, 0.5) is 0 Å². The fourth-order valence-electron chi connectivity index (χ4n) is 1.44. The van der Waals surface area contributed by atoms with Crippen LogP contribution < -0.4 is 16.5 Å². The summed E-state index contributed by atoms with van der Waals surface area (Å²) in [6.07, 6.45) is 1.62. The summed E-state index contributed by atoms with van der Waals surface area (Å²) in [7, 11) is 0. The van der Waals surface area contributed by atoms with Gasteiger partial charge in [-0.2, -0.15) is 0 Å². The highest BCUT2D eigenvalue weighted by molar-refractivity contribution is 5.91. The first-order chi connectivity index (χ1) is 6.68. The fraction of sp³-hybridized carbons (Fsp3) is 0.750. The number of rotatable bonds is 3. The molecule has 2 rings (SSSR count). The van der Waals surface area contributed by atoms with Gasteiger partial charge in [0, 0.05) is 6.54 Å². The van der Waals surface area contributed by atoms with Gasteiger partial charge in [0.2, 0.25) is 5.91 Å². The molecule has 1 aliphatic heterocycles. The average molecular weight is 199 g/mol. The lowest BCUT2D eigenvalue weighted by molar-refractivity contribution is -0.131. The molecule has 0 spiro atoms. The predicted octanol–water partition coefficient (Wildman–Crippen LogP) is -1.73. The molecule has 1 atom stereocenters. The first-order valence-corrected chi connectivity index (χ1v) is 4.61. The SMILES string of the molecule is NCC1(C(=O)N[C@@H]2CONC2=O)CC1. The van der Waals surface area contributed by atoms with E-state index in [2.05, 4.69) is 10.8 Å². The number of amides is 2. The van der Waals surface area contributed by atoms with E-state index in [4.69, 9.17) is 10.6 Å². The van der Waals surface area contributed by atoms with Gasteiger partial charge in [-0.25, -0.2) is 5.48 Å². The molecule has 4 N–H and O–H groups in total. The number of nitrogens with one attached hydrogen (secondary N) is 2. The van der Waals surface area contributed by atoms with Crippen molar-refractivity contribution in [3.63, 3.8) is 0 Å². The summed E-state index contributed by atoms with van der Waals surface area (Å²) in [5, 5.41) is 2.63. The highest BCUT2D eigenvalue weighted by Crippen LogP contribution is 2.44. The van der Waals surface area contributed by atoms with Gasteiger partial charge in [-0.3, -0.25) is 14.4 Å². The molecule has 2 amide bonds. The van der Waals surface area contributed by atoms with Gasteiger partial charge in [0.05, 0.1) is 5.41 Å². The molecular formula is C8H13N3O3. The Bertz CT molecular complexity index is 275. The molecule has 6 nitrogen and oxygen atoms in total. The zero-order chi connectivity index (χ0) is 10.2. The van der Waals surface area contributed by atoms with E-state index in [9.17, 15) is 9.59 Å². The third-order valence-electron chi connectivity index (χ3n) is 2.77. The second kappa shape index (κ2) is 3.21. The van der Waals surface area contributed by atoms with Crippen molar-refractivity contribution in [2.24, 2.45) is 11.1 Å². The van der Waals surface area contributed by atoms with E-state index in [1.807, 2.05) is 0 Å². The molecule has 0 unspecified atom stereocenters. The van der Waals surface area contributed by atoms with Crippen molar-refractivity contribution >= 4 is 11.8 Å². The lowest BCUT2D eigenvalue weighted by Crippen LogP contribution is -2.46. The zero-order valence-electron chi connectivity index (χ0n) is 7.71. The summed E-state index contributed by atoms with van der Waals surface area (Å²) in [5.41, 5.74) is 7.25. The third-order valence-corrected chi connectivity index (χ3v) is 2.77. The molecule has 1 heterocycles. The van der Waals surface area contributed by atoms with E-state index >= 15 is 0 Å². The Kier molecular flexibility index (Phi) is 2.16. The maximum Gasteiger partial charge on any atom is 0.268 e. The van der Waals surface area contributed by atoms with Crippen LogP contribution in [0.3, 0.4) is 0 Å². The van der Waals surface area contributed by atoms with Gasteiger partial charge in [0.25, 0.3) is 5.91 Å². The zero-order valence-corrected chi connectivity index (χ0v) is 7.71. The van der Waals surface area contributed by atoms with Crippen LogP contribution in [0.15, 0.2) is 0 Å². The van der Waals surface area contributed by atoms with Crippen molar-refractivity contribution in [3.05, 3.63) is 0 Å². The van der Waals surface area contributed by atoms with Crippen LogP contribution >= 0.6 is 0 Å². The van der Waals surface area contributed by atoms with Gasteiger partial charge in [-0.05, 0) is 12.8 Å². The number of hydroxylamine groups is 1. The average Bonchev–Trinajstić information content (AvgIpc) is 2.89. The first kappa shape index (κ1) is 9.42. The second-order valence-electron chi connectivity index (χ2n) is 3.79. The minimum absolute atomic E-state index is 0.134. The molecule has 1 saturated carbocycles. The summed E-state index contributed by atoms with van der Waals surface area (Å²) >= 11 is 0. The molecule has 2 aliphatic rings. The Balaban J connectivity index is 1.91. The Morgan fingerprint density at radius 3 is 2.86 bits per heavy atom. The van der Waals surface area contributed by atoms with Crippen molar-refractivity contribution in [3.8, 4) is 0 Å². The number of hydrogen-bond acceptors (Lipinski definition) is 4. The van der Waals surface area contributed by atoms with Crippen LogP contribution in [0, 0.1) is 5.41 Å². The number of carbonyl (C=O) groups is 2. The molecule has 0 aromatic rings. The van der Waals surface area contributed by atoms with Gasteiger partial charge >= 0.3 is 0 Å². The monoisotopic (exact) mass is 199 g/mol. The van der Waals surface area contributed by atoms with Gasteiger partial charge in [-0.1, -0.05) is 0 Å². The Morgan fingerprint density at radius 2 is 2.43 bits per heavy atom. The summed E-state index contributed by atoms with van der Waals surface area (Å²) in [5.74, 6) is -0.433. The summed E-state index contributed by atoms with van der Waals surface area (Å²) in [6, 6.07) is -0.563. The van der Waals surface area contributed by atoms with Gasteiger partial charge < -0.3 is 11.1 Å². The van der Waals surface area contributed by atoms with E-state index < -0.39 is 11.5 Å². The van der Waals surface area contributed by atoms with Gasteiger partial charge in [-0.15, -0.1) is 0 Å². The van der Waals surface area contributed by atoms with Gasteiger partial charge in [0.1, 0.15) is 12.6 Å². The minimum Gasteiger partial charge on any atom is -0.342 e. The highest BCUT2D eigenvalue weighted by atomic mass is 16.7. The van der Waals surface area contributed by atoms with E-state index in [1.54, 1.807) is 0 Å². The van der Waals surface area contributed by atoms with Crippen LogP contribution in [0.2, 0.25) is 0 Å². The molecule has 1 saturated heterocycles. The van der Waals surface area contributed by atoms with Crippen molar-refractivity contribution in [2.75, 3.05) is 13.2 Å². The molecule has 0 radical (unpaired) electrons. The van der Waals surface area contributed by atoms with Crippen LogP contribution in [0.25, 0.3) is 0 Å². The highest BCUT2D eigenvalue weighted by Gasteiger charge is 2.49. The van der Waals surface area contributed by atoms with Crippen LogP contribution in [-0.2, 0) is 14.4 Å². The van der Waals surface area contributed by atoms with Crippen molar-refractivity contribution in [2.45, 2.75) is 18.9 Å². The fourth-order valence-corrected chi connectivity index (χ4v) is 1.44. The molecule has 0 aromatic carbocycles. The van der Waals surface area contributed by atoms with E-state index in [-0.39, 0.29) is 18.4 Å².